The van der Waals surface area contributed by atoms with Crippen molar-refractivity contribution in [2.24, 2.45) is 0 Å². The highest BCUT2D eigenvalue weighted by Gasteiger charge is 2.13. The molecule has 2 aromatic carbocycles. The van der Waals surface area contributed by atoms with Gasteiger partial charge in [-0.25, -0.2) is 13.2 Å². The van der Waals surface area contributed by atoms with E-state index in [0.717, 1.165) is 6.07 Å². The van der Waals surface area contributed by atoms with Crippen molar-refractivity contribution in [3.05, 3.63) is 63.9 Å². The molecule has 0 aliphatic rings. The molecule has 0 radical (unpaired) electrons. The van der Waals surface area contributed by atoms with Gasteiger partial charge in [-0.3, -0.25) is 0 Å². The second kappa shape index (κ2) is 6.50. The van der Waals surface area contributed by atoms with Crippen LogP contribution >= 0.6 is 27.5 Å². The first-order valence-corrected chi connectivity index (χ1v) is 7.12. The van der Waals surface area contributed by atoms with Crippen LogP contribution in [0.4, 0.5) is 13.2 Å². The molecule has 20 heavy (non-hydrogen) atoms. The lowest BCUT2D eigenvalue weighted by Gasteiger charge is -2.10. The zero-order chi connectivity index (χ0) is 14.7. The lowest BCUT2D eigenvalue weighted by Crippen LogP contribution is -2.02. The Morgan fingerprint density at radius 2 is 1.70 bits per heavy atom. The van der Waals surface area contributed by atoms with Gasteiger partial charge in [0.25, 0.3) is 0 Å². The summed E-state index contributed by atoms with van der Waals surface area (Å²) in [7, 11) is 0. The summed E-state index contributed by atoms with van der Waals surface area (Å²) < 4.78 is 45.5. The quantitative estimate of drug-likeness (QED) is 0.674. The van der Waals surface area contributed by atoms with E-state index in [2.05, 4.69) is 15.9 Å². The van der Waals surface area contributed by atoms with Gasteiger partial charge in [-0.1, -0.05) is 27.5 Å². The number of rotatable bonds is 4. The van der Waals surface area contributed by atoms with E-state index in [9.17, 15) is 13.2 Å². The molecular weight excluding hydrogens is 357 g/mol. The van der Waals surface area contributed by atoms with Gasteiger partial charge in [-0.05, 0) is 35.9 Å². The van der Waals surface area contributed by atoms with Gasteiger partial charge in [0.1, 0.15) is 12.4 Å². The highest BCUT2D eigenvalue weighted by molar-refractivity contribution is 9.08. The van der Waals surface area contributed by atoms with Gasteiger partial charge < -0.3 is 4.74 Å². The monoisotopic (exact) mass is 364 g/mol. The molecule has 0 unspecified atom stereocenters. The Morgan fingerprint density at radius 3 is 2.30 bits per heavy atom. The maximum absolute atomic E-state index is 13.7. The maximum Gasteiger partial charge on any atom is 0.191 e. The highest BCUT2D eigenvalue weighted by atomic mass is 79.9. The minimum Gasteiger partial charge on any atom is -0.483 e. The van der Waals surface area contributed by atoms with Crippen molar-refractivity contribution in [1.29, 1.82) is 0 Å². The lowest BCUT2D eigenvalue weighted by atomic mass is 10.2. The van der Waals surface area contributed by atoms with Gasteiger partial charge in [0, 0.05) is 15.9 Å². The molecule has 0 aliphatic heterocycles. The van der Waals surface area contributed by atoms with Crippen molar-refractivity contribution in [2.75, 3.05) is 0 Å². The van der Waals surface area contributed by atoms with Crippen molar-refractivity contribution in [3.63, 3.8) is 0 Å². The molecule has 2 rings (SSSR count). The smallest absolute Gasteiger partial charge is 0.191 e. The van der Waals surface area contributed by atoms with E-state index >= 15 is 0 Å². The zero-order valence-electron chi connectivity index (χ0n) is 10.1. The summed E-state index contributed by atoms with van der Waals surface area (Å²) in [6, 6.07) is 6.04. The summed E-state index contributed by atoms with van der Waals surface area (Å²) in [6.07, 6.45) is 0. The van der Waals surface area contributed by atoms with E-state index in [-0.39, 0.29) is 11.6 Å². The Bertz CT molecular complexity index is 611. The molecule has 0 fully saturated rings. The van der Waals surface area contributed by atoms with Gasteiger partial charge in [0.2, 0.25) is 0 Å². The van der Waals surface area contributed by atoms with E-state index in [4.69, 9.17) is 16.3 Å². The van der Waals surface area contributed by atoms with Gasteiger partial charge in [0.05, 0.1) is 0 Å². The highest BCUT2D eigenvalue weighted by Crippen LogP contribution is 2.26. The fourth-order valence-electron chi connectivity index (χ4n) is 1.63. The van der Waals surface area contributed by atoms with Crippen molar-refractivity contribution in [2.45, 2.75) is 11.9 Å². The van der Waals surface area contributed by atoms with Gasteiger partial charge in [-0.15, -0.1) is 0 Å². The molecule has 0 aliphatic carbocycles. The minimum absolute atomic E-state index is 0.224. The summed E-state index contributed by atoms with van der Waals surface area (Å²) in [4.78, 5) is 0. The molecule has 6 heteroatoms. The second-order valence-corrected chi connectivity index (χ2v) is 5.01. The molecule has 106 valence electrons. The lowest BCUT2D eigenvalue weighted by molar-refractivity contribution is 0.273. The molecule has 0 saturated carbocycles. The van der Waals surface area contributed by atoms with E-state index < -0.39 is 23.2 Å². The predicted molar refractivity (Wildman–Crippen MR) is 74.7 cm³/mol. The zero-order valence-corrected chi connectivity index (χ0v) is 12.4. The Morgan fingerprint density at radius 1 is 1.05 bits per heavy atom. The number of ether oxygens (including phenoxy) is 1. The van der Waals surface area contributed by atoms with Gasteiger partial charge in [0.15, 0.2) is 17.4 Å². The average molecular weight is 366 g/mol. The van der Waals surface area contributed by atoms with Crippen molar-refractivity contribution < 1.29 is 17.9 Å². The number of alkyl halides is 1. The molecule has 0 bridgehead atoms. The fourth-order valence-corrected chi connectivity index (χ4v) is 2.13. The number of hydrogen-bond acceptors (Lipinski definition) is 1. The molecule has 2 aromatic rings. The van der Waals surface area contributed by atoms with Crippen LogP contribution in [0.25, 0.3) is 0 Å². The summed E-state index contributed by atoms with van der Waals surface area (Å²) in [5, 5.41) is 0.598. The Labute approximate surface area is 127 Å². The molecule has 0 heterocycles. The molecule has 0 aromatic heterocycles. The van der Waals surface area contributed by atoms with E-state index in [1.54, 1.807) is 0 Å². The largest absolute Gasteiger partial charge is 0.483 e. The number of hydrogen-bond donors (Lipinski definition) is 0. The Hall–Kier alpha value is -1.20. The summed E-state index contributed by atoms with van der Waals surface area (Å²) in [5.41, 5.74) is 0.770. The normalized spacial score (nSPS) is 10.7. The second-order valence-electron chi connectivity index (χ2n) is 4.05. The minimum atomic E-state index is -0.813. The fraction of sp³-hybridized carbons (Fsp3) is 0.143. The van der Waals surface area contributed by atoms with Crippen molar-refractivity contribution in [1.82, 2.24) is 0 Å². The van der Waals surface area contributed by atoms with Crippen LogP contribution in [0.1, 0.15) is 11.1 Å². The first-order valence-electron chi connectivity index (χ1n) is 5.62. The molecule has 0 amide bonds. The van der Waals surface area contributed by atoms with Crippen LogP contribution in [0, 0.1) is 17.5 Å². The molecular formula is C14H9BrClF3O. The van der Waals surface area contributed by atoms with E-state index in [1.807, 2.05) is 0 Å². The first kappa shape index (κ1) is 15.2. The van der Waals surface area contributed by atoms with Crippen molar-refractivity contribution >= 4 is 27.5 Å². The van der Waals surface area contributed by atoms with Crippen LogP contribution < -0.4 is 4.74 Å². The molecule has 0 atom stereocenters. The standard InChI is InChI=1S/C14H9BrClF3O/c15-6-8-3-12(18)14(13(19)4-8)20-7-9-5-10(17)1-2-11(9)16/h1-5H,6-7H2. The number of halogens is 5. The van der Waals surface area contributed by atoms with Crippen LogP contribution in [-0.2, 0) is 11.9 Å². The van der Waals surface area contributed by atoms with Crippen LogP contribution in [0.15, 0.2) is 30.3 Å². The van der Waals surface area contributed by atoms with Gasteiger partial charge in [-0.2, -0.15) is 0 Å². The molecule has 1 nitrogen and oxygen atoms in total. The number of benzene rings is 2. The van der Waals surface area contributed by atoms with Gasteiger partial charge >= 0.3 is 0 Å². The van der Waals surface area contributed by atoms with Crippen LogP contribution in [0.5, 0.6) is 5.75 Å². The molecule has 0 spiro atoms. The Kier molecular flexibility index (Phi) is 4.94. The van der Waals surface area contributed by atoms with Crippen molar-refractivity contribution in [3.8, 4) is 5.75 Å². The van der Waals surface area contributed by atoms with E-state index in [0.29, 0.717) is 16.5 Å². The molecule has 0 N–H and O–H groups in total. The summed E-state index contributed by atoms with van der Waals surface area (Å²) >= 11 is 8.96. The Balaban J connectivity index is 2.21. The van der Waals surface area contributed by atoms with E-state index in [1.165, 1.54) is 24.3 Å². The van der Waals surface area contributed by atoms with Crippen LogP contribution in [0.3, 0.4) is 0 Å². The molecule has 0 saturated heterocycles. The summed E-state index contributed by atoms with van der Waals surface area (Å²) in [6.45, 7) is -0.224. The third kappa shape index (κ3) is 3.46. The maximum atomic E-state index is 13.7. The average Bonchev–Trinajstić information content (AvgIpc) is 2.41. The van der Waals surface area contributed by atoms with Crippen LogP contribution in [0.2, 0.25) is 5.02 Å². The SMILES string of the molecule is Fc1ccc(Cl)c(COc2c(F)cc(CBr)cc2F)c1. The summed E-state index contributed by atoms with van der Waals surface area (Å²) in [5.74, 6) is -2.63. The first-order chi connectivity index (χ1) is 9.51. The predicted octanol–water partition coefficient (Wildman–Crippen LogP) is 5.23. The topological polar surface area (TPSA) is 9.23 Å². The third-order valence-corrected chi connectivity index (χ3v) is 3.61. The van der Waals surface area contributed by atoms with Crippen LogP contribution in [-0.4, -0.2) is 0 Å². The third-order valence-electron chi connectivity index (χ3n) is 2.59.